The number of benzene rings is 1. The maximum atomic E-state index is 11.2. The van der Waals surface area contributed by atoms with Crippen LogP contribution in [0.4, 0.5) is 5.69 Å². The first kappa shape index (κ1) is 8.26. The molecule has 0 radical (unpaired) electrons. The monoisotopic (exact) mass is 223 g/mol. The van der Waals surface area contributed by atoms with E-state index in [0.29, 0.717) is 11.4 Å². The van der Waals surface area contributed by atoms with E-state index in [0.717, 1.165) is 21.3 Å². The quantitative estimate of drug-likeness (QED) is 0.731. The average molecular weight is 224 g/mol. The van der Waals surface area contributed by atoms with E-state index >= 15 is 0 Å². The smallest absolute Gasteiger partial charge is 0.228 e. The zero-order chi connectivity index (χ0) is 9.71. The fourth-order valence-corrected chi connectivity index (χ4v) is 3.00. The molecular weight excluding hydrogens is 218 g/mol. The van der Waals surface area contributed by atoms with E-state index in [1.165, 1.54) is 0 Å². The number of hydrogen-bond donors (Lipinski definition) is 1. The second-order valence-corrected chi connectivity index (χ2v) is 4.61. The van der Waals surface area contributed by atoms with Crippen LogP contribution in [-0.2, 0) is 11.2 Å². The van der Waals surface area contributed by atoms with Crippen LogP contribution in [0.5, 0.6) is 0 Å². The molecule has 1 amide bonds. The lowest BCUT2D eigenvalue weighted by atomic mass is 10.1. The van der Waals surface area contributed by atoms with Crippen LogP contribution in [0, 0.1) is 0 Å². The molecule has 0 saturated heterocycles. The summed E-state index contributed by atoms with van der Waals surface area (Å²) in [5.74, 6) is 0.0274. The van der Waals surface area contributed by atoms with Crippen molar-refractivity contribution < 1.29 is 4.79 Å². The first-order valence-electron chi connectivity index (χ1n) is 4.24. The Morgan fingerprint density at radius 3 is 3.21 bits per heavy atom. The average Bonchev–Trinajstić information content (AvgIpc) is 2.71. The predicted octanol–water partition coefficient (Wildman–Crippen LogP) is 3.05. The van der Waals surface area contributed by atoms with E-state index in [1.54, 1.807) is 11.3 Å². The minimum atomic E-state index is 0.0274. The second kappa shape index (κ2) is 2.72. The molecule has 1 N–H and O–H groups in total. The number of anilines is 1. The largest absolute Gasteiger partial charge is 0.324 e. The Hall–Kier alpha value is -1.06. The highest BCUT2D eigenvalue weighted by atomic mass is 35.5. The van der Waals surface area contributed by atoms with Gasteiger partial charge in [0.25, 0.3) is 0 Å². The summed E-state index contributed by atoms with van der Waals surface area (Å²) in [7, 11) is 0. The molecule has 2 heterocycles. The maximum Gasteiger partial charge on any atom is 0.228 e. The van der Waals surface area contributed by atoms with Crippen LogP contribution in [0.1, 0.15) is 5.56 Å². The Kier molecular flexibility index (Phi) is 1.60. The molecule has 2 nitrogen and oxygen atoms in total. The topological polar surface area (TPSA) is 29.1 Å². The number of rotatable bonds is 0. The van der Waals surface area contributed by atoms with Gasteiger partial charge in [-0.2, -0.15) is 0 Å². The number of halogens is 1. The lowest BCUT2D eigenvalue weighted by Crippen LogP contribution is -2.03. The van der Waals surface area contributed by atoms with Gasteiger partial charge in [-0.3, -0.25) is 4.79 Å². The molecular formula is C10H6ClNOS. The third-order valence-corrected chi connectivity index (χ3v) is 3.65. The van der Waals surface area contributed by atoms with E-state index < -0.39 is 0 Å². The van der Waals surface area contributed by atoms with Crippen molar-refractivity contribution in [1.29, 1.82) is 0 Å². The van der Waals surface area contributed by atoms with Crippen molar-refractivity contribution in [2.75, 3.05) is 5.32 Å². The van der Waals surface area contributed by atoms with Crippen molar-refractivity contribution >= 4 is 44.6 Å². The highest BCUT2D eigenvalue weighted by molar-refractivity contribution is 7.17. The van der Waals surface area contributed by atoms with Gasteiger partial charge >= 0.3 is 0 Å². The fourth-order valence-electron chi connectivity index (χ4n) is 1.75. The summed E-state index contributed by atoms with van der Waals surface area (Å²) in [6.07, 6.45) is 0.447. The Morgan fingerprint density at radius 2 is 2.36 bits per heavy atom. The molecule has 1 aromatic heterocycles. The van der Waals surface area contributed by atoms with Gasteiger partial charge in [-0.05, 0) is 23.1 Å². The van der Waals surface area contributed by atoms with Gasteiger partial charge in [0.05, 0.1) is 17.1 Å². The molecule has 1 aromatic carbocycles. The summed E-state index contributed by atoms with van der Waals surface area (Å²) in [5.41, 5.74) is 1.80. The maximum absolute atomic E-state index is 11.2. The van der Waals surface area contributed by atoms with Gasteiger partial charge in [-0.25, -0.2) is 0 Å². The summed E-state index contributed by atoms with van der Waals surface area (Å²) < 4.78 is 1.14. The van der Waals surface area contributed by atoms with Crippen LogP contribution in [0.2, 0.25) is 5.02 Å². The van der Waals surface area contributed by atoms with Crippen LogP contribution in [0.25, 0.3) is 10.1 Å². The third-order valence-electron chi connectivity index (χ3n) is 2.39. The summed E-state index contributed by atoms with van der Waals surface area (Å²) in [6, 6.07) is 4.02. The molecule has 14 heavy (non-hydrogen) atoms. The van der Waals surface area contributed by atoms with Gasteiger partial charge in [0, 0.05) is 10.1 Å². The molecule has 0 aliphatic carbocycles. The van der Waals surface area contributed by atoms with E-state index in [4.69, 9.17) is 11.6 Å². The van der Waals surface area contributed by atoms with Crippen molar-refractivity contribution in [2.24, 2.45) is 0 Å². The van der Waals surface area contributed by atoms with Crippen molar-refractivity contribution in [2.45, 2.75) is 6.42 Å². The lowest BCUT2D eigenvalue weighted by molar-refractivity contribution is -0.115. The molecule has 0 spiro atoms. The number of carbonyl (C=O) groups excluding carboxylic acids is 1. The Morgan fingerprint density at radius 1 is 1.50 bits per heavy atom. The molecule has 0 bridgehead atoms. The number of carbonyl (C=O) groups is 1. The molecule has 0 unspecified atom stereocenters. The normalized spacial score (nSPS) is 14.5. The molecule has 1 aliphatic heterocycles. The van der Waals surface area contributed by atoms with E-state index in [-0.39, 0.29) is 5.91 Å². The van der Waals surface area contributed by atoms with Gasteiger partial charge in [0.15, 0.2) is 0 Å². The van der Waals surface area contributed by atoms with Crippen molar-refractivity contribution in [3.05, 3.63) is 28.1 Å². The van der Waals surface area contributed by atoms with Gasteiger partial charge in [0.2, 0.25) is 5.91 Å². The van der Waals surface area contributed by atoms with Crippen LogP contribution < -0.4 is 5.32 Å². The Labute approximate surface area is 89.5 Å². The van der Waals surface area contributed by atoms with Crippen molar-refractivity contribution in [1.82, 2.24) is 0 Å². The van der Waals surface area contributed by atoms with Gasteiger partial charge in [0.1, 0.15) is 0 Å². The summed E-state index contributed by atoms with van der Waals surface area (Å²) in [4.78, 5) is 11.2. The number of thiophene rings is 1. The lowest BCUT2D eigenvalue weighted by Gasteiger charge is -2.02. The van der Waals surface area contributed by atoms with E-state index in [1.807, 2.05) is 17.5 Å². The summed E-state index contributed by atoms with van der Waals surface area (Å²) in [5, 5.41) is 6.49. The van der Waals surface area contributed by atoms with Gasteiger partial charge < -0.3 is 5.32 Å². The fraction of sp³-hybridized carbons (Fsp3) is 0.100. The van der Waals surface area contributed by atoms with E-state index in [9.17, 15) is 4.79 Å². The van der Waals surface area contributed by atoms with Crippen molar-refractivity contribution in [3.8, 4) is 0 Å². The molecule has 0 saturated carbocycles. The molecule has 70 valence electrons. The predicted molar refractivity (Wildman–Crippen MR) is 59.2 cm³/mol. The number of fused-ring (bicyclic) bond motifs is 2. The molecule has 3 rings (SSSR count). The highest BCUT2D eigenvalue weighted by Crippen LogP contribution is 2.39. The van der Waals surface area contributed by atoms with Crippen LogP contribution in [-0.4, -0.2) is 5.91 Å². The standard InChI is InChI=1S/C10H6ClNOS/c11-9-6-1-2-14-7(6)3-5-4-8(13)12-10(5)9/h1-3H,4H2,(H,12,13). The second-order valence-electron chi connectivity index (χ2n) is 3.28. The first-order valence-corrected chi connectivity index (χ1v) is 5.50. The summed E-state index contributed by atoms with van der Waals surface area (Å²) in [6.45, 7) is 0. The van der Waals surface area contributed by atoms with Gasteiger partial charge in [-0.15, -0.1) is 11.3 Å². The molecule has 4 heteroatoms. The zero-order valence-electron chi connectivity index (χ0n) is 7.13. The zero-order valence-corrected chi connectivity index (χ0v) is 8.71. The minimum absolute atomic E-state index is 0.0274. The summed E-state index contributed by atoms with van der Waals surface area (Å²) >= 11 is 7.83. The SMILES string of the molecule is O=C1Cc2cc3sccc3c(Cl)c2N1. The molecule has 1 aliphatic rings. The Balaban J connectivity index is 2.40. The van der Waals surface area contributed by atoms with Crippen molar-refractivity contribution in [3.63, 3.8) is 0 Å². The highest BCUT2D eigenvalue weighted by Gasteiger charge is 2.22. The Bertz CT molecular complexity index is 546. The van der Waals surface area contributed by atoms with Crippen LogP contribution in [0.3, 0.4) is 0 Å². The first-order chi connectivity index (χ1) is 6.75. The van der Waals surface area contributed by atoms with E-state index in [2.05, 4.69) is 5.32 Å². The van der Waals surface area contributed by atoms with Crippen LogP contribution in [0.15, 0.2) is 17.5 Å². The van der Waals surface area contributed by atoms with Gasteiger partial charge in [-0.1, -0.05) is 11.6 Å². The minimum Gasteiger partial charge on any atom is -0.324 e. The molecule has 0 atom stereocenters. The third kappa shape index (κ3) is 0.996. The molecule has 2 aromatic rings. The number of hydrogen-bond acceptors (Lipinski definition) is 2. The molecule has 0 fully saturated rings. The van der Waals surface area contributed by atoms with Crippen LogP contribution >= 0.6 is 22.9 Å². The number of amides is 1. The number of nitrogens with one attached hydrogen (secondary N) is 1.